The van der Waals surface area contributed by atoms with Crippen molar-refractivity contribution in [1.29, 1.82) is 0 Å². The molecule has 0 saturated carbocycles. The van der Waals surface area contributed by atoms with Gasteiger partial charge in [0.15, 0.2) is 0 Å². The summed E-state index contributed by atoms with van der Waals surface area (Å²) in [5, 5.41) is 0. The van der Waals surface area contributed by atoms with E-state index in [1.807, 2.05) is 0 Å². The Morgan fingerprint density at radius 2 is 1.84 bits per heavy atom. The van der Waals surface area contributed by atoms with Crippen LogP contribution in [0.1, 0.15) is 71.6 Å². The predicted molar refractivity (Wildman–Crippen MR) is 78.6 cm³/mol. The lowest BCUT2D eigenvalue weighted by molar-refractivity contribution is -0.138. The average Bonchev–Trinajstić information content (AvgIpc) is 2.75. The molecule has 0 aromatic carbocycles. The molecular weight excluding hydrogens is 236 g/mol. The van der Waals surface area contributed by atoms with E-state index in [2.05, 4.69) is 25.7 Å². The highest BCUT2D eigenvalue weighted by Crippen LogP contribution is 2.21. The van der Waals surface area contributed by atoms with Crippen LogP contribution >= 0.6 is 0 Å². The summed E-state index contributed by atoms with van der Waals surface area (Å²) in [6.45, 7) is 4.37. The molecule has 2 nitrogen and oxygen atoms in total. The van der Waals surface area contributed by atoms with Gasteiger partial charge in [-0.05, 0) is 19.3 Å². The van der Waals surface area contributed by atoms with Crippen molar-refractivity contribution in [3.05, 3.63) is 11.6 Å². The Bertz CT molecular complexity index is 357. The normalized spacial score (nSPS) is 17.7. The zero-order valence-electron chi connectivity index (χ0n) is 12.3. The molecule has 106 valence electrons. The van der Waals surface area contributed by atoms with E-state index in [1.165, 1.54) is 25.7 Å². The molecule has 0 bridgehead atoms. The highest BCUT2D eigenvalue weighted by atomic mass is 16.5. The average molecular weight is 262 g/mol. The van der Waals surface area contributed by atoms with Crippen LogP contribution in [0.5, 0.6) is 0 Å². The van der Waals surface area contributed by atoms with Crippen LogP contribution in [0.15, 0.2) is 11.6 Å². The van der Waals surface area contributed by atoms with Gasteiger partial charge in [0.25, 0.3) is 0 Å². The second-order valence-electron chi connectivity index (χ2n) is 5.13. The van der Waals surface area contributed by atoms with Gasteiger partial charge in [0, 0.05) is 18.1 Å². The summed E-state index contributed by atoms with van der Waals surface area (Å²) in [5.74, 6) is 6.03. The number of esters is 1. The first-order valence-electron chi connectivity index (χ1n) is 7.69. The van der Waals surface area contributed by atoms with Crippen molar-refractivity contribution in [2.24, 2.45) is 0 Å². The van der Waals surface area contributed by atoms with Gasteiger partial charge >= 0.3 is 5.97 Å². The van der Waals surface area contributed by atoms with E-state index in [1.54, 1.807) is 6.08 Å². The highest BCUT2D eigenvalue weighted by Gasteiger charge is 2.24. The van der Waals surface area contributed by atoms with Crippen LogP contribution in [0.4, 0.5) is 0 Å². The topological polar surface area (TPSA) is 26.3 Å². The molecule has 0 radical (unpaired) electrons. The van der Waals surface area contributed by atoms with E-state index in [4.69, 9.17) is 4.74 Å². The molecule has 2 heteroatoms. The molecular formula is C17H26O2. The van der Waals surface area contributed by atoms with Gasteiger partial charge in [-0.2, -0.15) is 0 Å². The fourth-order valence-corrected chi connectivity index (χ4v) is 2.15. The molecule has 0 N–H and O–H groups in total. The van der Waals surface area contributed by atoms with Gasteiger partial charge in [-0.3, -0.25) is 0 Å². The fourth-order valence-electron chi connectivity index (χ4n) is 2.15. The number of rotatable bonds is 8. The van der Waals surface area contributed by atoms with Crippen LogP contribution in [-0.2, 0) is 9.53 Å². The molecule has 1 rings (SSSR count). The van der Waals surface area contributed by atoms with Crippen LogP contribution in [-0.4, -0.2) is 12.1 Å². The third kappa shape index (κ3) is 6.47. The molecule has 0 aromatic rings. The predicted octanol–water partition coefficient (Wildman–Crippen LogP) is 4.39. The molecule has 1 aliphatic rings. The van der Waals surface area contributed by atoms with Crippen LogP contribution in [0.25, 0.3) is 0 Å². The quantitative estimate of drug-likeness (QED) is 0.368. The molecule has 1 unspecified atom stereocenters. The van der Waals surface area contributed by atoms with Gasteiger partial charge in [-0.15, -0.1) is 0 Å². The van der Waals surface area contributed by atoms with E-state index in [-0.39, 0.29) is 12.1 Å². The van der Waals surface area contributed by atoms with E-state index in [9.17, 15) is 4.79 Å². The first-order valence-corrected chi connectivity index (χ1v) is 7.69. The number of unbranched alkanes of at least 4 members (excludes halogenated alkanes) is 6. The van der Waals surface area contributed by atoms with Crippen LogP contribution in [0.2, 0.25) is 0 Å². The maximum Gasteiger partial charge on any atom is 0.332 e. The van der Waals surface area contributed by atoms with Crippen molar-refractivity contribution >= 4 is 5.97 Å². The number of carbonyl (C=O) groups excluding carboxylic acids is 1. The van der Waals surface area contributed by atoms with Gasteiger partial charge in [-0.25, -0.2) is 4.79 Å². The summed E-state index contributed by atoms with van der Waals surface area (Å²) in [7, 11) is 0. The zero-order valence-corrected chi connectivity index (χ0v) is 12.3. The summed E-state index contributed by atoms with van der Waals surface area (Å²) in [6, 6.07) is 0. The van der Waals surface area contributed by atoms with Gasteiger partial charge in [0.1, 0.15) is 6.10 Å². The van der Waals surface area contributed by atoms with E-state index < -0.39 is 0 Å². The number of ether oxygens (including phenoxy) is 1. The molecule has 0 amide bonds. The minimum absolute atomic E-state index is 0.0803. The summed E-state index contributed by atoms with van der Waals surface area (Å²) in [4.78, 5) is 11.3. The maximum atomic E-state index is 11.3. The summed E-state index contributed by atoms with van der Waals surface area (Å²) < 4.78 is 5.30. The Hall–Kier alpha value is -1.23. The smallest absolute Gasteiger partial charge is 0.332 e. The van der Waals surface area contributed by atoms with Gasteiger partial charge in [-0.1, -0.05) is 57.8 Å². The monoisotopic (exact) mass is 262 g/mol. The number of hydrogen-bond acceptors (Lipinski definition) is 2. The Balaban J connectivity index is 2.33. The summed E-state index contributed by atoms with van der Waals surface area (Å²) >= 11 is 0. The number of carbonyl (C=O) groups is 1. The first kappa shape index (κ1) is 15.8. The van der Waals surface area contributed by atoms with E-state index >= 15 is 0 Å². The van der Waals surface area contributed by atoms with Crippen molar-refractivity contribution in [3.8, 4) is 11.8 Å². The summed E-state index contributed by atoms with van der Waals surface area (Å²) in [5.41, 5.74) is 0.886. The Kier molecular flexibility index (Phi) is 8.05. The molecule has 0 spiro atoms. The first-order chi connectivity index (χ1) is 9.27. The van der Waals surface area contributed by atoms with Gasteiger partial charge < -0.3 is 4.74 Å². The van der Waals surface area contributed by atoms with Crippen molar-refractivity contribution in [3.63, 3.8) is 0 Å². The van der Waals surface area contributed by atoms with Gasteiger partial charge in [0.2, 0.25) is 0 Å². The molecule has 1 aliphatic heterocycles. The SMILES string of the molecule is CCCCC#CC1=CC(=O)OC1CCCCCCC. The molecule has 0 aromatic heterocycles. The third-order valence-corrected chi connectivity index (χ3v) is 3.34. The molecule has 1 atom stereocenters. The van der Waals surface area contributed by atoms with Gasteiger partial charge in [0.05, 0.1) is 0 Å². The fraction of sp³-hybridized carbons (Fsp3) is 0.706. The van der Waals surface area contributed by atoms with Crippen molar-refractivity contribution in [2.45, 2.75) is 77.7 Å². The molecule has 19 heavy (non-hydrogen) atoms. The second kappa shape index (κ2) is 9.67. The molecule has 0 saturated heterocycles. The standard InChI is InChI=1S/C17H26O2/c1-3-5-7-9-11-13-16-15(14-17(18)19-16)12-10-8-6-4-2/h14,16H,3-9,11,13H2,1-2H3. The van der Waals surface area contributed by atoms with E-state index in [0.29, 0.717) is 0 Å². The van der Waals surface area contributed by atoms with Crippen molar-refractivity contribution in [1.82, 2.24) is 0 Å². The minimum Gasteiger partial charge on any atom is -0.454 e. The minimum atomic E-state index is -0.224. The Morgan fingerprint density at radius 1 is 1.11 bits per heavy atom. The van der Waals surface area contributed by atoms with Crippen molar-refractivity contribution in [2.75, 3.05) is 0 Å². The Morgan fingerprint density at radius 3 is 2.58 bits per heavy atom. The largest absolute Gasteiger partial charge is 0.454 e. The second-order valence-corrected chi connectivity index (χ2v) is 5.13. The zero-order chi connectivity index (χ0) is 13.9. The van der Waals surface area contributed by atoms with Crippen LogP contribution < -0.4 is 0 Å². The van der Waals surface area contributed by atoms with E-state index in [0.717, 1.165) is 37.7 Å². The van der Waals surface area contributed by atoms with Crippen LogP contribution in [0.3, 0.4) is 0 Å². The number of hydrogen-bond donors (Lipinski definition) is 0. The summed E-state index contributed by atoms with van der Waals surface area (Å²) in [6.07, 6.45) is 11.8. The Labute approximate surface area is 117 Å². The molecule has 0 aliphatic carbocycles. The molecule has 1 heterocycles. The number of cyclic esters (lactones) is 1. The molecule has 0 fully saturated rings. The lowest BCUT2D eigenvalue weighted by atomic mass is 10.0. The maximum absolute atomic E-state index is 11.3. The lowest BCUT2D eigenvalue weighted by Gasteiger charge is -2.10. The highest BCUT2D eigenvalue weighted by molar-refractivity contribution is 5.87. The lowest BCUT2D eigenvalue weighted by Crippen LogP contribution is -2.11. The third-order valence-electron chi connectivity index (χ3n) is 3.34. The van der Waals surface area contributed by atoms with Crippen molar-refractivity contribution < 1.29 is 9.53 Å². The van der Waals surface area contributed by atoms with Crippen LogP contribution in [0, 0.1) is 11.8 Å².